The lowest BCUT2D eigenvalue weighted by atomic mass is 9.91. The molecule has 0 radical (unpaired) electrons. The fourth-order valence-electron chi connectivity index (χ4n) is 3.12. The highest BCUT2D eigenvalue weighted by Gasteiger charge is 2.25. The van der Waals surface area contributed by atoms with Gasteiger partial charge in [0.2, 0.25) is 0 Å². The van der Waals surface area contributed by atoms with E-state index in [9.17, 15) is 4.79 Å². The van der Waals surface area contributed by atoms with Crippen molar-refractivity contribution in [3.8, 4) is 0 Å². The maximum Gasteiger partial charge on any atom is 0.253 e. The molecule has 110 valence electrons. The molecule has 2 rings (SSSR count). The average molecular weight is 275 g/mol. The molecule has 1 aliphatic rings. The number of carbonyl (C=O) groups excluding carboxylic acids is 1. The van der Waals surface area contributed by atoms with Gasteiger partial charge in [-0.3, -0.25) is 4.79 Å². The highest BCUT2D eigenvalue weighted by atomic mass is 16.1. The summed E-state index contributed by atoms with van der Waals surface area (Å²) in [6, 6.07) is 5.56. The van der Waals surface area contributed by atoms with Gasteiger partial charge < -0.3 is 16.0 Å². The molecule has 1 saturated heterocycles. The van der Waals surface area contributed by atoms with Crippen LogP contribution in [0.15, 0.2) is 18.2 Å². The lowest BCUT2D eigenvalue weighted by molar-refractivity contribution is 0.0956. The molecule has 0 aliphatic carbocycles. The van der Waals surface area contributed by atoms with Crippen LogP contribution in [0.3, 0.4) is 0 Å². The molecule has 3 N–H and O–H groups in total. The van der Waals surface area contributed by atoms with Crippen LogP contribution >= 0.6 is 0 Å². The van der Waals surface area contributed by atoms with Gasteiger partial charge in [-0.05, 0) is 43.4 Å². The largest absolute Gasteiger partial charge is 0.399 e. The number of hydrogen-bond donors (Lipinski definition) is 2. The molecular weight excluding hydrogens is 250 g/mol. The number of anilines is 2. The third-order valence-corrected chi connectivity index (χ3v) is 3.81. The van der Waals surface area contributed by atoms with Crippen molar-refractivity contribution in [3.63, 3.8) is 0 Å². The van der Waals surface area contributed by atoms with Crippen LogP contribution in [0.25, 0.3) is 0 Å². The second-order valence-corrected chi connectivity index (χ2v) is 5.99. The summed E-state index contributed by atoms with van der Waals surface area (Å²) >= 11 is 0. The second-order valence-electron chi connectivity index (χ2n) is 5.99. The van der Waals surface area contributed by atoms with Gasteiger partial charge in [-0.2, -0.15) is 0 Å². The van der Waals surface area contributed by atoms with E-state index in [0.29, 0.717) is 24.1 Å². The van der Waals surface area contributed by atoms with Crippen LogP contribution in [0.1, 0.15) is 37.6 Å². The predicted octanol–water partition coefficient (Wildman–Crippen LogP) is 2.50. The van der Waals surface area contributed by atoms with Crippen molar-refractivity contribution in [2.24, 2.45) is 11.8 Å². The third kappa shape index (κ3) is 3.24. The number of piperidine rings is 1. The zero-order chi connectivity index (χ0) is 14.7. The van der Waals surface area contributed by atoms with E-state index in [4.69, 9.17) is 5.73 Å². The van der Waals surface area contributed by atoms with Gasteiger partial charge in [0.1, 0.15) is 0 Å². The van der Waals surface area contributed by atoms with Gasteiger partial charge in [0.25, 0.3) is 5.91 Å². The molecule has 0 aromatic heterocycles. The first-order valence-corrected chi connectivity index (χ1v) is 7.44. The summed E-state index contributed by atoms with van der Waals surface area (Å²) in [5.41, 5.74) is 8.32. The van der Waals surface area contributed by atoms with Gasteiger partial charge in [-0.25, -0.2) is 0 Å². The van der Waals surface area contributed by atoms with E-state index in [2.05, 4.69) is 24.1 Å². The van der Waals surface area contributed by atoms with Crippen LogP contribution in [0.2, 0.25) is 0 Å². The Kier molecular flexibility index (Phi) is 4.53. The monoisotopic (exact) mass is 275 g/mol. The smallest absolute Gasteiger partial charge is 0.253 e. The fraction of sp³-hybridized carbons (Fsp3) is 0.562. The van der Waals surface area contributed by atoms with Crippen LogP contribution in [-0.4, -0.2) is 25.5 Å². The number of carbonyl (C=O) groups is 1. The SMILES string of the molecule is CCNC(=O)c1ccc(N)cc1N1CC(C)CC(C)C1. The molecule has 1 amide bonds. The number of benzene rings is 1. The zero-order valence-corrected chi connectivity index (χ0v) is 12.6. The molecule has 0 bridgehead atoms. The quantitative estimate of drug-likeness (QED) is 0.833. The first kappa shape index (κ1) is 14.7. The van der Waals surface area contributed by atoms with Gasteiger partial charge in [-0.1, -0.05) is 13.8 Å². The molecule has 1 aliphatic heterocycles. The molecule has 4 nitrogen and oxygen atoms in total. The summed E-state index contributed by atoms with van der Waals surface area (Å²) in [4.78, 5) is 14.5. The van der Waals surface area contributed by atoms with E-state index in [-0.39, 0.29) is 5.91 Å². The Bertz CT molecular complexity index is 477. The van der Waals surface area contributed by atoms with Crippen molar-refractivity contribution in [1.29, 1.82) is 0 Å². The van der Waals surface area contributed by atoms with E-state index >= 15 is 0 Å². The summed E-state index contributed by atoms with van der Waals surface area (Å²) in [5.74, 6) is 1.26. The van der Waals surface area contributed by atoms with Crippen molar-refractivity contribution in [3.05, 3.63) is 23.8 Å². The Labute approximate surface area is 121 Å². The normalized spacial score (nSPS) is 22.6. The standard InChI is InChI=1S/C16H25N3O/c1-4-18-16(20)14-6-5-13(17)8-15(14)19-9-11(2)7-12(3)10-19/h5-6,8,11-12H,4,7,9-10,17H2,1-3H3,(H,18,20). The molecule has 1 fully saturated rings. The molecule has 1 heterocycles. The number of nitrogens with zero attached hydrogens (tertiary/aromatic N) is 1. The van der Waals surface area contributed by atoms with Crippen LogP contribution < -0.4 is 16.0 Å². The number of hydrogen-bond acceptors (Lipinski definition) is 3. The molecule has 2 atom stereocenters. The molecule has 4 heteroatoms. The predicted molar refractivity (Wildman–Crippen MR) is 84.0 cm³/mol. The first-order chi connectivity index (χ1) is 9.51. The maximum absolute atomic E-state index is 12.2. The number of nitrogens with two attached hydrogens (primary N) is 1. The van der Waals surface area contributed by atoms with E-state index in [0.717, 1.165) is 24.3 Å². The molecule has 0 saturated carbocycles. The zero-order valence-electron chi connectivity index (χ0n) is 12.6. The Balaban J connectivity index is 2.33. The summed E-state index contributed by atoms with van der Waals surface area (Å²) < 4.78 is 0. The summed E-state index contributed by atoms with van der Waals surface area (Å²) in [6.45, 7) is 9.07. The lowest BCUT2D eigenvalue weighted by Crippen LogP contribution is -2.40. The second kappa shape index (κ2) is 6.16. The first-order valence-electron chi connectivity index (χ1n) is 7.44. The molecule has 0 spiro atoms. The van der Waals surface area contributed by atoms with Gasteiger partial charge in [0.05, 0.1) is 11.3 Å². The summed E-state index contributed by atoms with van der Waals surface area (Å²) in [5, 5.41) is 2.88. The number of amides is 1. The third-order valence-electron chi connectivity index (χ3n) is 3.81. The van der Waals surface area contributed by atoms with E-state index < -0.39 is 0 Å². The molecular formula is C16H25N3O. The highest BCUT2D eigenvalue weighted by molar-refractivity contribution is 6.00. The minimum absolute atomic E-state index is 0.0200. The van der Waals surface area contributed by atoms with Crippen molar-refractivity contribution in [1.82, 2.24) is 5.32 Å². The highest BCUT2D eigenvalue weighted by Crippen LogP contribution is 2.30. The van der Waals surface area contributed by atoms with Crippen molar-refractivity contribution in [2.45, 2.75) is 27.2 Å². The van der Waals surface area contributed by atoms with E-state index in [1.807, 2.05) is 19.1 Å². The van der Waals surface area contributed by atoms with Gasteiger partial charge >= 0.3 is 0 Å². The van der Waals surface area contributed by atoms with Gasteiger partial charge in [-0.15, -0.1) is 0 Å². The Morgan fingerprint density at radius 2 is 2.00 bits per heavy atom. The lowest BCUT2D eigenvalue weighted by Gasteiger charge is -2.37. The average Bonchev–Trinajstić information content (AvgIpc) is 2.37. The van der Waals surface area contributed by atoms with Crippen LogP contribution in [0, 0.1) is 11.8 Å². The number of nitrogen functional groups attached to an aromatic ring is 1. The van der Waals surface area contributed by atoms with E-state index in [1.54, 1.807) is 6.07 Å². The Hall–Kier alpha value is -1.71. The minimum atomic E-state index is -0.0200. The molecule has 1 aromatic carbocycles. The van der Waals surface area contributed by atoms with Crippen molar-refractivity contribution in [2.75, 3.05) is 30.3 Å². The van der Waals surface area contributed by atoms with E-state index in [1.165, 1.54) is 6.42 Å². The van der Waals surface area contributed by atoms with Crippen molar-refractivity contribution < 1.29 is 4.79 Å². The van der Waals surface area contributed by atoms with Crippen molar-refractivity contribution >= 4 is 17.3 Å². The van der Waals surface area contributed by atoms with Crippen LogP contribution in [0.5, 0.6) is 0 Å². The topological polar surface area (TPSA) is 58.4 Å². The fourth-order valence-corrected chi connectivity index (χ4v) is 3.12. The summed E-state index contributed by atoms with van der Waals surface area (Å²) in [7, 11) is 0. The Morgan fingerprint density at radius 3 is 2.60 bits per heavy atom. The number of rotatable bonds is 3. The number of nitrogens with one attached hydrogen (secondary N) is 1. The summed E-state index contributed by atoms with van der Waals surface area (Å²) in [6.07, 6.45) is 1.25. The maximum atomic E-state index is 12.2. The van der Waals surface area contributed by atoms with Crippen LogP contribution in [0.4, 0.5) is 11.4 Å². The minimum Gasteiger partial charge on any atom is -0.399 e. The van der Waals surface area contributed by atoms with Crippen LogP contribution in [-0.2, 0) is 0 Å². The van der Waals surface area contributed by atoms with Gasteiger partial charge in [0.15, 0.2) is 0 Å². The molecule has 1 aromatic rings. The van der Waals surface area contributed by atoms with Gasteiger partial charge in [0, 0.05) is 25.3 Å². The molecule has 2 unspecified atom stereocenters. The Morgan fingerprint density at radius 1 is 1.35 bits per heavy atom. The molecule has 20 heavy (non-hydrogen) atoms.